The standard InChI is InChI=1S/C24H25NO5/c1-29-23(27)19-11-8-18(9-12-19)10-13-20-16-25(22(26)21(20)24(28)30-2)15-14-17-6-4-3-5-7-17/h3-13,20-21H,14-16H2,1-2H3/b13-10+. The van der Waals surface area contributed by atoms with Gasteiger partial charge < -0.3 is 14.4 Å². The van der Waals surface area contributed by atoms with Gasteiger partial charge in [0.15, 0.2) is 0 Å². The van der Waals surface area contributed by atoms with Crippen molar-refractivity contribution in [1.82, 2.24) is 4.90 Å². The van der Waals surface area contributed by atoms with Crippen LogP contribution in [0.2, 0.25) is 0 Å². The molecular formula is C24H25NO5. The lowest BCUT2D eigenvalue weighted by Crippen LogP contribution is -2.32. The lowest BCUT2D eigenvalue weighted by molar-refractivity contribution is -0.151. The number of likely N-dealkylation sites (tertiary alicyclic amines) is 1. The number of hydrogen-bond acceptors (Lipinski definition) is 5. The minimum absolute atomic E-state index is 0.200. The number of amides is 1. The van der Waals surface area contributed by atoms with Crippen molar-refractivity contribution < 1.29 is 23.9 Å². The van der Waals surface area contributed by atoms with Crippen LogP contribution in [0.1, 0.15) is 21.5 Å². The van der Waals surface area contributed by atoms with Crippen molar-refractivity contribution in [2.75, 3.05) is 27.3 Å². The fourth-order valence-corrected chi connectivity index (χ4v) is 3.60. The number of esters is 2. The Kier molecular flexibility index (Phi) is 7.01. The molecule has 0 aliphatic carbocycles. The zero-order valence-corrected chi connectivity index (χ0v) is 17.1. The Morgan fingerprint density at radius 3 is 2.37 bits per heavy atom. The smallest absolute Gasteiger partial charge is 0.337 e. The van der Waals surface area contributed by atoms with Crippen molar-refractivity contribution in [2.24, 2.45) is 11.8 Å². The fraction of sp³-hybridized carbons (Fsp3) is 0.292. The van der Waals surface area contributed by atoms with E-state index < -0.39 is 17.9 Å². The summed E-state index contributed by atoms with van der Waals surface area (Å²) < 4.78 is 9.58. The molecule has 2 aromatic carbocycles. The van der Waals surface area contributed by atoms with Crippen LogP contribution in [0, 0.1) is 11.8 Å². The molecule has 1 heterocycles. The van der Waals surface area contributed by atoms with Gasteiger partial charge in [-0.1, -0.05) is 54.6 Å². The summed E-state index contributed by atoms with van der Waals surface area (Å²) in [6.45, 7) is 1.01. The van der Waals surface area contributed by atoms with E-state index in [1.54, 1.807) is 29.2 Å². The topological polar surface area (TPSA) is 72.9 Å². The highest BCUT2D eigenvalue weighted by atomic mass is 16.5. The molecule has 0 saturated carbocycles. The third-order valence-corrected chi connectivity index (χ3v) is 5.27. The average molecular weight is 407 g/mol. The fourth-order valence-electron chi connectivity index (χ4n) is 3.60. The van der Waals surface area contributed by atoms with Crippen LogP contribution in [-0.2, 0) is 25.5 Å². The van der Waals surface area contributed by atoms with Gasteiger partial charge >= 0.3 is 11.9 Å². The number of carbonyl (C=O) groups excluding carboxylic acids is 3. The number of rotatable bonds is 7. The Labute approximate surface area is 176 Å². The number of benzene rings is 2. The van der Waals surface area contributed by atoms with Crippen LogP contribution in [0.5, 0.6) is 0 Å². The zero-order valence-electron chi connectivity index (χ0n) is 17.1. The van der Waals surface area contributed by atoms with E-state index in [2.05, 4.69) is 0 Å². The van der Waals surface area contributed by atoms with Gasteiger partial charge in [0.05, 0.1) is 19.8 Å². The van der Waals surface area contributed by atoms with Gasteiger partial charge in [0, 0.05) is 19.0 Å². The summed E-state index contributed by atoms with van der Waals surface area (Å²) in [6.07, 6.45) is 4.46. The number of hydrogen-bond donors (Lipinski definition) is 0. The van der Waals surface area contributed by atoms with Gasteiger partial charge in [0.1, 0.15) is 5.92 Å². The molecule has 1 fully saturated rings. The monoisotopic (exact) mass is 407 g/mol. The minimum Gasteiger partial charge on any atom is -0.468 e. The molecule has 0 N–H and O–H groups in total. The molecule has 0 aromatic heterocycles. The van der Waals surface area contributed by atoms with Crippen molar-refractivity contribution >= 4 is 23.9 Å². The Hall–Kier alpha value is -3.41. The van der Waals surface area contributed by atoms with Gasteiger partial charge in [0.2, 0.25) is 5.91 Å². The number of methoxy groups -OCH3 is 2. The molecule has 1 aliphatic heterocycles. The lowest BCUT2D eigenvalue weighted by atomic mass is 9.94. The number of ether oxygens (including phenoxy) is 2. The van der Waals surface area contributed by atoms with E-state index in [0.29, 0.717) is 18.7 Å². The van der Waals surface area contributed by atoms with Crippen molar-refractivity contribution in [2.45, 2.75) is 6.42 Å². The second kappa shape index (κ2) is 9.87. The van der Waals surface area contributed by atoms with Gasteiger partial charge in [0.25, 0.3) is 0 Å². The molecule has 3 rings (SSSR count). The van der Waals surface area contributed by atoms with Crippen molar-refractivity contribution in [3.05, 3.63) is 77.4 Å². The quantitative estimate of drug-likeness (QED) is 0.521. The third-order valence-electron chi connectivity index (χ3n) is 5.27. The summed E-state index contributed by atoms with van der Waals surface area (Å²) in [5, 5.41) is 0. The van der Waals surface area contributed by atoms with E-state index >= 15 is 0 Å². The van der Waals surface area contributed by atoms with Crippen LogP contribution in [0.25, 0.3) is 6.08 Å². The van der Waals surface area contributed by atoms with Gasteiger partial charge in [-0.15, -0.1) is 0 Å². The predicted octanol–water partition coefficient (Wildman–Crippen LogP) is 2.98. The molecule has 1 saturated heterocycles. The normalized spacial score (nSPS) is 18.6. The highest BCUT2D eigenvalue weighted by Gasteiger charge is 2.44. The van der Waals surface area contributed by atoms with E-state index in [1.807, 2.05) is 42.5 Å². The summed E-state index contributed by atoms with van der Waals surface area (Å²) in [5.41, 5.74) is 2.47. The first-order valence-corrected chi connectivity index (χ1v) is 9.80. The Bertz CT molecular complexity index is 920. The molecule has 2 aromatic rings. The SMILES string of the molecule is COC(=O)c1ccc(/C=C/C2CN(CCc3ccccc3)C(=O)C2C(=O)OC)cc1. The summed E-state index contributed by atoms with van der Waals surface area (Å²) in [5.74, 6) is -2.23. The van der Waals surface area contributed by atoms with E-state index in [0.717, 1.165) is 17.5 Å². The Morgan fingerprint density at radius 1 is 1.03 bits per heavy atom. The summed E-state index contributed by atoms with van der Waals surface area (Å²) in [6, 6.07) is 16.9. The molecule has 1 amide bonds. The van der Waals surface area contributed by atoms with Gasteiger partial charge in [-0.2, -0.15) is 0 Å². The van der Waals surface area contributed by atoms with Gasteiger partial charge in [-0.3, -0.25) is 9.59 Å². The molecule has 156 valence electrons. The zero-order chi connectivity index (χ0) is 21.5. The largest absolute Gasteiger partial charge is 0.468 e. The van der Waals surface area contributed by atoms with Crippen molar-refractivity contribution in [3.63, 3.8) is 0 Å². The van der Waals surface area contributed by atoms with Crippen LogP contribution in [0.4, 0.5) is 0 Å². The molecule has 0 bridgehead atoms. The second-order valence-electron chi connectivity index (χ2n) is 7.16. The highest BCUT2D eigenvalue weighted by Crippen LogP contribution is 2.28. The van der Waals surface area contributed by atoms with Crippen molar-refractivity contribution in [1.29, 1.82) is 0 Å². The van der Waals surface area contributed by atoms with Crippen LogP contribution in [0.15, 0.2) is 60.7 Å². The van der Waals surface area contributed by atoms with Crippen molar-refractivity contribution in [3.8, 4) is 0 Å². The third kappa shape index (κ3) is 4.95. The minimum atomic E-state index is -0.837. The first-order valence-electron chi connectivity index (χ1n) is 9.80. The molecule has 0 radical (unpaired) electrons. The number of carbonyl (C=O) groups is 3. The van der Waals surface area contributed by atoms with Crippen LogP contribution >= 0.6 is 0 Å². The summed E-state index contributed by atoms with van der Waals surface area (Å²) in [7, 11) is 2.64. The van der Waals surface area contributed by atoms with E-state index in [1.165, 1.54) is 14.2 Å². The molecule has 2 unspecified atom stereocenters. The van der Waals surface area contributed by atoms with Crippen LogP contribution in [0.3, 0.4) is 0 Å². The maximum absolute atomic E-state index is 12.8. The average Bonchev–Trinajstić information content (AvgIpc) is 3.11. The maximum Gasteiger partial charge on any atom is 0.337 e. The van der Waals surface area contributed by atoms with Gasteiger partial charge in [-0.05, 0) is 29.7 Å². The summed E-state index contributed by atoms with van der Waals surface area (Å²) >= 11 is 0. The molecule has 1 aliphatic rings. The molecule has 2 atom stereocenters. The first-order chi connectivity index (χ1) is 14.5. The lowest BCUT2D eigenvalue weighted by Gasteiger charge is -2.16. The Morgan fingerprint density at radius 2 is 1.73 bits per heavy atom. The van der Waals surface area contributed by atoms with E-state index in [4.69, 9.17) is 9.47 Å². The van der Waals surface area contributed by atoms with Crippen LogP contribution < -0.4 is 0 Å². The first kappa shape index (κ1) is 21.3. The number of nitrogens with zero attached hydrogens (tertiary/aromatic N) is 1. The Balaban J connectivity index is 1.71. The molecule has 0 spiro atoms. The van der Waals surface area contributed by atoms with E-state index in [-0.39, 0.29) is 11.8 Å². The highest BCUT2D eigenvalue weighted by molar-refractivity contribution is 6.00. The van der Waals surface area contributed by atoms with Gasteiger partial charge in [-0.25, -0.2) is 4.79 Å². The predicted molar refractivity (Wildman–Crippen MR) is 113 cm³/mol. The molecule has 6 heteroatoms. The maximum atomic E-state index is 12.8. The molecule has 30 heavy (non-hydrogen) atoms. The second-order valence-corrected chi connectivity index (χ2v) is 7.16. The van der Waals surface area contributed by atoms with E-state index in [9.17, 15) is 14.4 Å². The molecule has 6 nitrogen and oxygen atoms in total. The summed E-state index contributed by atoms with van der Waals surface area (Å²) in [4.78, 5) is 38.4. The molecular weight excluding hydrogens is 382 g/mol. The van der Waals surface area contributed by atoms with Crippen LogP contribution in [-0.4, -0.2) is 50.1 Å².